The summed E-state index contributed by atoms with van der Waals surface area (Å²) in [6.07, 6.45) is 0.321. The molecule has 0 fully saturated rings. The van der Waals surface area contributed by atoms with Crippen molar-refractivity contribution in [3.05, 3.63) is 29.8 Å². The average Bonchev–Trinajstić information content (AvgIpc) is 2.38. The molecular weight excluding hydrogens is 214 g/mol. The SMILES string of the molecule is CC#CCCNCC(O)c1ccc(OC)cc1. The second-order valence-corrected chi connectivity index (χ2v) is 3.67. The topological polar surface area (TPSA) is 41.5 Å². The Morgan fingerprint density at radius 1 is 1.35 bits per heavy atom. The van der Waals surface area contributed by atoms with Crippen molar-refractivity contribution in [2.24, 2.45) is 0 Å². The van der Waals surface area contributed by atoms with E-state index in [1.54, 1.807) is 7.11 Å². The van der Waals surface area contributed by atoms with Gasteiger partial charge in [0.05, 0.1) is 13.2 Å². The van der Waals surface area contributed by atoms with Crippen LogP contribution in [0.5, 0.6) is 5.75 Å². The summed E-state index contributed by atoms with van der Waals surface area (Å²) in [5.74, 6) is 6.60. The maximum atomic E-state index is 9.90. The summed E-state index contributed by atoms with van der Waals surface area (Å²) in [6.45, 7) is 3.16. The first-order valence-corrected chi connectivity index (χ1v) is 5.70. The molecule has 1 unspecified atom stereocenters. The van der Waals surface area contributed by atoms with E-state index in [9.17, 15) is 5.11 Å². The van der Waals surface area contributed by atoms with E-state index in [1.165, 1.54) is 0 Å². The van der Waals surface area contributed by atoms with Crippen LogP contribution in [0.1, 0.15) is 25.0 Å². The second-order valence-electron chi connectivity index (χ2n) is 3.67. The molecule has 1 aromatic rings. The fourth-order valence-electron chi connectivity index (χ4n) is 1.46. The van der Waals surface area contributed by atoms with Crippen LogP contribution in [0, 0.1) is 11.8 Å². The first kappa shape index (κ1) is 13.6. The van der Waals surface area contributed by atoms with E-state index in [0.717, 1.165) is 24.3 Å². The molecule has 0 saturated heterocycles. The molecule has 0 bridgehead atoms. The van der Waals surface area contributed by atoms with Gasteiger partial charge >= 0.3 is 0 Å². The molecule has 1 rings (SSSR count). The molecule has 0 aliphatic rings. The molecule has 0 radical (unpaired) electrons. The Bertz CT molecular complexity index is 375. The molecular formula is C14H19NO2. The molecule has 2 N–H and O–H groups in total. The monoisotopic (exact) mass is 233 g/mol. The Labute approximate surface area is 103 Å². The summed E-state index contributed by atoms with van der Waals surface area (Å²) in [5.41, 5.74) is 0.889. The van der Waals surface area contributed by atoms with Gasteiger partial charge in [-0.05, 0) is 24.6 Å². The van der Waals surface area contributed by atoms with Gasteiger partial charge in [-0.15, -0.1) is 11.8 Å². The first-order chi connectivity index (χ1) is 8.27. The van der Waals surface area contributed by atoms with Crippen molar-refractivity contribution in [1.82, 2.24) is 5.32 Å². The third-order valence-electron chi connectivity index (χ3n) is 2.44. The van der Waals surface area contributed by atoms with E-state index in [2.05, 4.69) is 17.2 Å². The largest absolute Gasteiger partial charge is 0.497 e. The molecule has 0 amide bonds. The average molecular weight is 233 g/mol. The normalized spacial score (nSPS) is 11.5. The summed E-state index contributed by atoms with van der Waals surface area (Å²) >= 11 is 0. The van der Waals surface area contributed by atoms with Crippen LogP contribution in [-0.4, -0.2) is 25.3 Å². The highest BCUT2D eigenvalue weighted by Gasteiger charge is 2.06. The number of hydrogen-bond donors (Lipinski definition) is 2. The molecule has 17 heavy (non-hydrogen) atoms. The molecule has 3 nitrogen and oxygen atoms in total. The number of aliphatic hydroxyl groups is 1. The predicted octanol–water partition coefficient (Wildman–Crippen LogP) is 1.73. The lowest BCUT2D eigenvalue weighted by atomic mass is 10.1. The number of rotatable bonds is 6. The van der Waals surface area contributed by atoms with Gasteiger partial charge in [0.15, 0.2) is 0 Å². The predicted molar refractivity (Wildman–Crippen MR) is 68.9 cm³/mol. The van der Waals surface area contributed by atoms with Crippen LogP contribution in [0.4, 0.5) is 0 Å². The quantitative estimate of drug-likeness (QED) is 0.581. The van der Waals surface area contributed by atoms with E-state index in [-0.39, 0.29) is 0 Å². The van der Waals surface area contributed by atoms with Crippen molar-refractivity contribution in [3.63, 3.8) is 0 Å². The Balaban J connectivity index is 2.34. The summed E-state index contributed by atoms with van der Waals surface area (Å²) < 4.78 is 5.06. The van der Waals surface area contributed by atoms with Gasteiger partial charge in [-0.2, -0.15) is 0 Å². The highest BCUT2D eigenvalue weighted by Crippen LogP contribution is 2.16. The highest BCUT2D eigenvalue weighted by molar-refractivity contribution is 5.28. The van der Waals surface area contributed by atoms with E-state index < -0.39 is 6.10 Å². The van der Waals surface area contributed by atoms with E-state index in [1.807, 2.05) is 31.2 Å². The minimum Gasteiger partial charge on any atom is -0.497 e. The minimum absolute atomic E-state index is 0.490. The molecule has 1 aromatic carbocycles. The van der Waals surface area contributed by atoms with Gasteiger partial charge in [-0.3, -0.25) is 0 Å². The third kappa shape index (κ3) is 4.90. The van der Waals surface area contributed by atoms with Crippen molar-refractivity contribution in [1.29, 1.82) is 0 Å². The van der Waals surface area contributed by atoms with Gasteiger partial charge in [-0.25, -0.2) is 0 Å². The fourth-order valence-corrected chi connectivity index (χ4v) is 1.46. The number of methoxy groups -OCH3 is 1. The Morgan fingerprint density at radius 3 is 2.65 bits per heavy atom. The maximum Gasteiger partial charge on any atom is 0.118 e. The van der Waals surface area contributed by atoms with Crippen LogP contribution in [0.15, 0.2) is 24.3 Å². The zero-order chi connectivity index (χ0) is 12.5. The number of benzene rings is 1. The zero-order valence-electron chi connectivity index (χ0n) is 10.4. The molecule has 0 heterocycles. The molecule has 92 valence electrons. The van der Waals surface area contributed by atoms with Crippen LogP contribution < -0.4 is 10.1 Å². The summed E-state index contributed by atoms with van der Waals surface area (Å²) in [6, 6.07) is 7.44. The van der Waals surface area contributed by atoms with Gasteiger partial charge in [0, 0.05) is 19.5 Å². The van der Waals surface area contributed by atoms with Crippen LogP contribution in [0.2, 0.25) is 0 Å². The van der Waals surface area contributed by atoms with E-state index >= 15 is 0 Å². The van der Waals surface area contributed by atoms with Gasteiger partial charge < -0.3 is 15.2 Å². The molecule has 0 aliphatic carbocycles. The highest BCUT2D eigenvalue weighted by atomic mass is 16.5. The summed E-state index contributed by atoms with van der Waals surface area (Å²) in [4.78, 5) is 0. The summed E-state index contributed by atoms with van der Waals surface area (Å²) in [5, 5.41) is 13.1. The first-order valence-electron chi connectivity index (χ1n) is 5.70. The second kappa shape index (κ2) is 7.72. The fraction of sp³-hybridized carbons (Fsp3) is 0.429. The van der Waals surface area contributed by atoms with Crippen molar-refractivity contribution in [2.75, 3.05) is 20.2 Å². The number of aliphatic hydroxyl groups excluding tert-OH is 1. The molecule has 0 saturated carbocycles. The Hall–Kier alpha value is -1.50. The van der Waals surface area contributed by atoms with Crippen LogP contribution in [0.3, 0.4) is 0 Å². The van der Waals surface area contributed by atoms with Crippen LogP contribution in [0.25, 0.3) is 0 Å². The lowest BCUT2D eigenvalue weighted by molar-refractivity contribution is 0.175. The molecule has 0 spiro atoms. The van der Waals surface area contributed by atoms with Crippen molar-refractivity contribution in [2.45, 2.75) is 19.4 Å². The smallest absolute Gasteiger partial charge is 0.118 e. The lowest BCUT2D eigenvalue weighted by Gasteiger charge is -2.12. The lowest BCUT2D eigenvalue weighted by Crippen LogP contribution is -2.22. The van der Waals surface area contributed by atoms with Gasteiger partial charge in [-0.1, -0.05) is 12.1 Å². The Morgan fingerprint density at radius 2 is 2.06 bits per heavy atom. The van der Waals surface area contributed by atoms with Crippen molar-refractivity contribution >= 4 is 0 Å². The Kier molecular flexibility index (Phi) is 6.16. The van der Waals surface area contributed by atoms with Crippen molar-refractivity contribution in [3.8, 4) is 17.6 Å². The molecule has 0 aliphatic heterocycles. The van der Waals surface area contributed by atoms with E-state index in [0.29, 0.717) is 6.54 Å². The van der Waals surface area contributed by atoms with Gasteiger partial charge in [0.25, 0.3) is 0 Å². The number of nitrogens with one attached hydrogen (secondary N) is 1. The third-order valence-corrected chi connectivity index (χ3v) is 2.44. The molecule has 3 heteroatoms. The van der Waals surface area contributed by atoms with Crippen LogP contribution >= 0.6 is 0 Å². The maximum absolute atomic E-state index is 9.90. The minimum atomic E-state index is -0.490. The van der Waals surface area contributed by atoms with Crippen molar-refractivity contribution < 1.29 is 9.84 Å². The molecule has 1 atom stereocenters. The standard InChI is InChI=1S/C14H19NO2/c1-3-4-5-10-15-11-14(16)12-6-8-13(17-2)9-7-12/h6-9,14-16H,5,10-11H2,1-2H3. The van der Waals surface area contributed by atoms with E-state index in [4.69, 9.17) is 4.74 Å². The summed E-state index contributed by atoms with van der Waals surface area (Å²) in [7, 11) is 1.63. The number of ether oxygens (including phenoxy) is 1. The zero-order valence-corrected chi connectivity index (χ0v) is 10.4. The molecule has 0 aromatic heterocycles. The number of hydrogen-bond acceptors (Lipinski definition) is 3. The van der Waals surface area contributed by atoms with Gasteiger partial charge in [0.2, 0.25) is 0 Å². The van der Waals surface area contributed by atoms with Crippen LogP contribution in [-0.2, 0) is 0 Å². The van der Waals surface area contributed by atoms with Gasteiger partial charge in [0.1, 0.15) is 5.75 Å².